The molecule has 49 heavy (non-hydrogen) atoms. The van der Waals surface area contributed by atoms with E-state index in [9.17, 15) is 19.6 Å². The third kappa shape index (κ3) is 7.55. The fourth-order valence-electron chi connectivity index (χ4n) is 8.48. The highest BCUT2D eigenvalue weighted by atomic mass is 16.5. The second kappa shape index (κ2) is 14.7. The van der Waals surface area contributed by atoms with E-state index >= 15 is 0 Å². The van der Waals surface area contributed by atoms with Gasteiger partial charge < -0.3 is 24.1 Å². The van der Waals surface area contributed by atoms with E-state index in [1.807, 2.05) is 25.1 Å². The molecule has 11 heteroatoms. The van der Waals surface area contributed by atoms with Gasteiger partial charge in [0.05, 0.1) is 19.4 Å². The Labute approximate surface area is 286 Å². The summed E-state index contributed by atoms with van der Waals surface area (Å²) in [5.74, 6) is 2.65. The average Bonchev–Trinajstić information content (AvgIpc) is 3.06. The number of aryl methyl sites for hydroxylation is 1. The molecule has 4 aliphatic rings. The predicted molar refractivity (Wildman–Crippen MR) is 185 cm³/mol. The molecule has 4 bridgehead atoms. The van der Waals surface area contributed by atoms with Gasteiger partial charge in [-0.25, -0.2) is 5.43 Å². The summed E-state index contributed by atoms with van der Waals surface area (Å²) in [5.41, 5.74) is 5.87. The SMILES string of the molecule is CCOc1cc(/C=N\NC(=O)Cn2c(C)cc(COC)c(C#N)c2=O)ccc1OCC(=O)Nc1ccc(C23CC4CC(CC(C4)C2)C3)cc1. The van der Waals surface area contributed by atoms with E-state index in [0.29, 0.717) is 40.3 Å². The number of carbonyl (C=O) groups is 2. The standard InChI is InChI=1S/C38H43N5O6/c1-4-48-34-15-25(20-40-42-35(44)21-43-24(2)11-29(22-47-3)32(19-39)37(43)46)5-10-33(34)49-23-36(45)41-31-8-6-30(7-9-31)38-16-26-12-27(17-38)14-28(13-26)18-38/h5-11,15,20,26-28H,4,12-14,16-18,21-23H2,1-3H3,(H,41,45)(H,42,44)/b40-20-. The number of anilines is 1. The maximum absolute atomic E-state index is 12.8. The highest BCUT2D eigenvalue weighted by molar-refractivity contribution is 5.92. The van der Waals surface area contributed by atoms with Gasteiger partial charge in [0.15, 0.2) is 18.1 Å². The Morgan fingerprint density at radius 3 is 2.33 bits per heavy atom. The minimum absolute atomic E-state index is 0.0620. The molecule has 0 saturated heterocycles. The number of nitrogens with one attached hydrogen (secondary N) is 2. The van der Waals surface area contributed by atoms with E-state index in [-0.39, 0.29) is 31.2 Å². The number of aromatic nitrogens is 1. The lowest BCUT2D eigenvalue weighted by Gasteiger charge is -2.57. The molecule has 0 unspecified atom stereocenters. The Bertz CT molecular complexity index is 1810. The Morgan fingerprint density at radius 2 is 1.69 bits per heavy atom. The van der Waals surface area contributed by atoms with E-state index in [0.717, 1.165) is 23.4 Å². The van der Waals surface area contributed by atoms with Gasteiger partial charge in [0.2, 0.25) is 0 Å². The largest absolute Gasteiger partial charge is 0.490 e. The first-order valence-corrected chi connectivity index (χ1v) is 16.9. The van der Waals surface area contributed by atoms with Crippen LogP contribution in [0.25, 0.3) is 0 Å². The van der Waals surface area contributed by atoms with E-state index in [1.165, 1.54) is 62.0 Å². The molecular weight excluding hydrogens is 622 g/mol. The third-order valence-corrected chi connectivity index (χ3v) is 10.2. The summed E-state index contributed by atoms with van der Waals surface area (Å²) < 4.78 is 17.9. The summed E-state index contributed by atoms with van der Waals surface area (Å²) >= 11 is 0. The van der Waals surface area contributed by atoms with Crippen molar-refractivity contribution < 1.29 is 23.8 Å². The second-order valence-electron chi connectivity index (χ2n) is 13.7. The van der Waals surface area contributed by atoms with Crippen molar-refractivity contribution in [2.75, 3.05) is 25.6 Å². The maximum atomic E-state index is 12.8. The highest BCUT2D eigenvalue weighted by Gasteiger charge is 2.51. The summed E-state index contributed by atoms with van der Waals surface area (Å²) in [4.78, 5) is 38.2. The summed E-state index contributed by atoms with van der Waals surface area (Å²) in [6.07, 6.45) is 9.58. The van der Waals surface area contributed by atoms with Crippen LogP contribution in [0.15, 0.2) is 58.4 Å². The van der Waals surface area contributed by atoms with Crippen LogP contribution in [-0.2, 0) is 32.9 Å². The van der Waals surface area contributed by atoms with Crippen LogP contribution in [0.4, 0.5) is 5.69 Å². The van der Waals surface area contributed by atoms with Crippen molar-refractivity contribution in [3.8, 4) is 17.6 Å². The number of hydrogen-bond donors (Lipinski definition) is 2. The molecule has 2 aromatic carbocycles. The molecule has 256 valence electrons. The van der Waals surface area contributed by atoms with Gasteiger partial charge in [-0.3, -0.25) is 14.4 Å². The number of benzene rings is 2. The van der Waals surface area contributed by atoms with Crippen LogP contribution in [-0.4, -0.2) is 42.9 Å². The molecule has 0 aliphatic heterocycles. The molecule has 0 radical (unpaired) electrons. The number of nitriles is 1. The summed E-state index contributed by atoms with van der Waals surface area (Å²) in [7, 11) is 1.48. The van der Waals surface area contributed by atoms with Crippen molar-refractivity contribution in [2.45, 2.75) is 70.9 Å². The Balaban J connectivity index is 1.02. The monoisotopic (exact) mass is 665 g/mol. The van der Waals surface area contributed by atoms with Crippen LogP contribution < -0.4 is 25.8 Å². The van der Waals surface area contributed by atoms with Crippen molar-refractivity contribution in [3.05, 3.63) is 86.8 Å². The van der Waals surface area contributed by atoms with Gasteiger partial charge in [-0.1, -0.05) is 12.1 Å². The van der Waals surface area contributed by atoms with Gasteiger partial charge in [-0.15, -0.1) is 0 Å². The van der Waals surface area contributed by atoms with Gasteiger partial charge in [0.25, 0.3) is 17.4 Å². The van der Waals surface area contributed by atoms with Crippen molar-refractivity contribution in [1.82, 2.24) is 9.99 Å². The number of hydrogen-bond acceptors (Lipinski definition) is 8. The molecule has 7 rings (SSSR count). The van der Waals surface area contributed by atoms with Crippen molar-refractivity contribution in [2.24, 2.45) is 22.9 Å². The third-order valence-electron chi connectivity index (χ3n) is 10.2. The van der Waals surface area contributed by atoms with E-state index in [4.69, 9.17) is 14.2 Å². The lowest BCUT2D eigenvalue weighted by atomic mass is 9.48. The number of carbonyl (C=O) groups excluding carboxylic acids is 2. The molecule has 4 aliphatic carbocycles. The Hall–Kier alpha value is -4.95. The summed E-state index contributed by atoms with van der Waals surface area (Å²) in [5, 5.41) is 16.4. The molecule has 2 amide bonds. The second-order valence-corrected chi connectivity index (χ2v) is 13.7. The molecule has 0 atom stereocenters. The molecule has 0 spiro atoms. The molecular formula is C38H43N5O6. The van der Waals surface area contributed by atoms with Crippen LogP contribution >= 0.6 is 0 Å². The Morgan fingerprint density at radius 1 is 1.00 bits per heavy atom. The van der Waals surface area contributed by atoms with Gasteiger partial charge in [0, 0.05) is 24.1 Å². The van der Waals surface area contributed by atoms with Gasteiger partial charge in [0.1, 0.15) is 18.2 Å². The molecule has 3 aromatic rings. The van der Waals surface area contributed by atoms with Gasteiger partial charge in [-0.2, -0.15) is 10.4 Å². The summed E-state index contributed by atoms with van der Waals surface area (Å²) in [6.45, 7) is 3.51. The first kappa shape index (κ1) is 33.9. The van der Waals surface area contributed by atoms with Crippen molar-refractivity contribution in [3.63, 3.8) is 0 Å². The summed E-state index contributed by atoms with van der Waals surface area (Å²) in [6, 6.07) is 17.1. The number of methoxy groups -OCH3 is 1. The normalized spacial score (nSPS) is 22.1. The molecule has 2 N–H and O–H groups in total. The van der Waals surface area contributed by atoms with Crippen molar-refractivity contribution >= 4 is 23.7 Å². The zero-order valence-corrected chi connectivity index (χ0v) is 28.3. The fraction of sp³-hybridized carbons (Fsp3) is 0.447. The van der Waals surface area contributed by atoms with E-state index in [1.54, 1.807) is 31.2 Å². The Kier molecular flexibility index (Phi) is 10.2. The van der Waals surface area contributed by atoms with E-state index in [2.05, 4.69) is 28.0 Å². The smallest absolute Gasteiger partial charge is 0.269 e. The zero-order chi connectivity index (χ0) is 34.5. The molecule has 1 heterocycles. The first-order valence-electron chi connectivity index (χ1n) is 16.9. The molecule has 4 fully saturated rings. The van der Waals surface area contributed by atoms with Crippen molar-refractivity contribution in [1.29, 1.82) is 5.26 Å². The van der Waals surface area contributed by atoms with Crippen LogP contribution in [0.2, 0.25) is 0 Å². The molecule has 4 saturated carbocycles. The number of amides is 2. The number of hydrazone groups is 1. The van der Waals surface area contributed by atoms with Gasteiger partial charge in [-0.05, 0) is 123 Å². The quantitative estimate of drug-likeness (QED) is 0.188. The number of rotatable bonds is 13. The van der Waals surface area contributed by atoms with Crippen LogP contribution in [0.5, 0.6) is 11.5 Å². The van der Waals surface area contributed by atoms with Crippen LogP contribution in [0.1, 0.15) is 73.4 Å². The zero-order valence-electron chi connectivity index (χ0n) is 28.3. The lowest BCUT2D eigenvalue weighted by molar-refractivity contribution is -0.121. The number of pyridine rings is 1. The predicted octanol–water partition coefficient (Wildman–Crippen LogP) is 5.21. The number of nitrogens with zero attached hydrogens (tertiary/aromatic N) is 3. The van der Waals surface area contributed by atoms with Gasteiger partial charge >= 0.3 is 0 Å². The minimum Gasteiger partial charge on any atom is -0.490 e. The van der Waals surface area contributed by atoms with E-state index < -0.39 is 11.5 Å². The fourth-order valence-corrected chi connectivity index (χ4v) is 8.48. The molecule has 1 aromatic heterocycles. The first-order chi connectivity index (χ1) is 23.7. The number of ether oxygens (including phenoxy) is 3. The highest BCUT2D eigenvalue weighted by Crippen LogP contribution is 2.60. The van der Waals surface area contributed by atoms with Crippen LogP contribution in [0.3, 0.4) is 0 Å². The average molecular weight is 666 g/mol. The molecule has 11 nitrogen and oxygen atoms in total. The topological polar surface area (TPSA) is 144 Å². The van der Waals surface area contributed by atoms with Crippen LogP contribution in [0, 0.1) is 36.0 Å². The minimum atomic E-state index is -0.565. The lowest BCUT2D eigenvalue weighted by Crippen LogP contribution is -2.48. The maximum Gasteiger partial charge on any atom is 0.269 e.